The lowest BCUT2D eigenvalue weighted by Crippen LogP contribution is -2.39. The van der Waals surface area contributed by atoms with Gasteiger partial charge in [-0.1, -0.05) is 95.3 Å². The van der Waals surface area contributed by atoms with Gasteiger partial charge in [0.1, 0.15) is 0 Å². The highest BCUT2D eigenvalue weighted by molar-refractivity contribution is 9.10. The zero-order valence-electron chi connectivity index (χ0n) is 47.7. The molecule has 5 aromatic rings. The van der Waals surface area contributed by atoms with Crippen molar-refractivity contribution >= 4 is 117 Å². The van der Waals surface area contributed by atoms with Gasteiger partial charge in [-0.15, -0.1) is 11.8 Å². The number of carboxylic acids is 1. The van der Waals surface area contributed by atoms with E-state index >= 15 is 0 Å². The van der Waals surface area contributed by atoms with Crippen LogP contribution in [0.4, 0.5) is 11.4 Å². The van der Waals surface area contributed by atoms with E-state index < -0.39 is 81.0 Å². The molecule has 25 heteroatoms. The molecule has 0 aromatic heterocycles. The van der Waals surface area contributed by atoms with Crippen LogP contribution in [0.1, 0.15) is 160 Å². The lowest BCUT2D eigenvalue weighted by atomic mass is 9.76. The predicted molar refractivity (Wildman–Crippen MR) is 333 cm³/mol. The van der Waals surface area contributed by atoms with Crippen molar-refractivity contribution in [2.75, 3.05) is 36.3 Å². The fourth-order valence-corrected chi connectivity index (χ4v) is 17.5. The third-order valence-electron chi connectivity index (χ3n) is 16.8. The standard InChI is InChI=1S/C61H63BrCl3N5O13S3/c1-28-24-60(3,4)69-52-33(28)20-37-45(38-21-34-29(2)25-61(5,6)70-53(34)58(86(78,79)80)55(38)83-54(37)57(52)85(75,76)77)46-47(59(73)74)48(63)50(65)56(49(46)64)84-26-44(72)66-17-9-7-8-13-43(71)67-18-16-30-14-15-40-35(19-30)31-11-10-12-32(31)51(68-40)36-22-41-42(23-39(36)62)82-27-81-41/h10-11,14-15,19-23,28-29,31-32,51,68-69H,7-9,12-13,16-18,24-27H2,1-6H3,(H,66,72)(H,67,71)(H,73,74)(H,75,76,77)(H,78,79,80)/t28?,29?,31-,32+,51-/m1/s1. The molecule has 6 aliphatic rings. The summed E-state index contributed by atoms with van der Waals surface area (Å²) in [4.78, 5) is 43.1. The van der Waals surface area contributed by atoms with Crippen LogP contribution in [0.15, 0.2) is 78.8 Å². The van der Waals surface area contributed by atoms with E-state index in [1.54, 1.807) is 26.0 Å². The van der Waals surface area contributed by atoms with Crippen LogP contribution in [-0.2, 0) is 36.2 Å². The molecular formula is C61H63BrCl3N5O13S3. The van der Waals surface area contributed by atoms with Gasteiger partial charge >= 0.3 is 5.97 Å². The first-order chi connectivity index (χ1) is 40.5. The van der Waals surface area contributed by atoms with E-state index in [0.717, 1.165) is 51.0 Å². The van der Waals surface area contributed by atoms with Crippen LogP contribution in [0.5, 0.6) is 23.0 Å². The Labute approximate surface area is 525 Å². The molecule has 7 N–H and O–H groups in total. The number of amides is 2. The fourth-order valence-electron chi connectivity index (χ4n) is 13.3. The van der Waals surface area contributed by atoms with Crippen molar-refractivity contribution in [3.8, 4) is 23.0 Å². The molecule has 0 saturated carbocycles. The first kappa shape index (κ1) is 62.1. The first-order valence-corrected chi connectivity index (χ1v) is 34.0. The number of nitrogens with zero attached hydrogens (tertiary/aromatic N) is 1. The Balaban J connectivity index is 0.789. The van der Waals surface area contributed by atoms with Crippen molar-refractivity contribution in [2.45, 2.75) is 142 Å². The van der Waals surface area contributed by atoms with Gasteiger partial charge in [0.05, 0.1) is 49.0 Å². The average Bonchev–Trinajstić information content (AvgIpc) is 0.829. The second-order valence-corrected chi connectivity index (χ2v) is 29.8. The Morgan fingerprint density at radius 2 is 1.52 bits per heavy atom. The van der Waals surface area contributed by atoms with Crippen LogP contribution in [0.3, 0.4) is 0 Å². The summed E-state index contributed by atoms with van der Waals surface area (Å²) in [6, 6.07) is 13.7. The van der Waals surface area contributed by atoms with Gasteiger partial charge in [0, 0.05) is 67.9 Å². The maximum Gasteiger partial charge on any atom is 0.337 e. The monoisotopic (exact) mass is 1350 g/mol. The third-order valence-corrected chi connectivity index (χ3v) is 21.9. The number of hydrogen-bond acceptors (Lipinski definition) is 14. The number of hydrogen-bond donors (Lipinski definition) is 7. The van der Waals surface area contributed by atoms with Crippen LogP contribution in [0, 0.1) is 5.92 Å². The Morgan fingerprint density at radius 1 is 0.814 bits per heavy atom. The molecule has 0 fully saturated rings. The molecule has 5 aliphatic heterocycles. The smallest absolute Gasteiger partial charge is 0.337 e. The van der Waals surface area contributed by atoms with Crippen molar-refractivity contribution < 1.29 is 59.6 Å². The van der Waals surface area contributed by atoms with Gasteiger partial charge in [-0.25, -0.2) is 4.79 Å². The topological polar surface area (TPSA) is 268 Å². The third kappa shape index (κ3) is 11.8. The van der Waals surface area contributed by atoms with E-state index in [1.807, 2.05) is 33.8 Å². The van der Waals surface area contributed by atoms with E-state index in [0.29, 0.717) is 68.5 Å². The van der Waals surface area contributed by atoms with Gasteiger partial charge in [-0.2, -0.15) is 16.8 Å². The van der Waals surface area contributed by atoms with E-state index in [9.17, 15) is 45.4 Å². The Morgan fingerprint density at radius 3 is 2.24 bits per heavy atom. The molecule has 0 spiro atoms. The zero-order valence-corrected chi connectivity index (χ0v) is 54.0. The minimum atomic E-state index is -5.31. The number of ether oxygens (including phenoxy) is 3. The molecule has 0 radical (unpaired) electrons. The molecule has 5 atom stereocenters. The van der Waals surface area contributed by atoms with Gasteiger partial charge < -0.3 is 40.6 Å². The van der Waals surface area contributed by atoms with Crippen molar-refractivity contribution in [3.05, 3.63) is 129 Å². The summed E-state index contributed by atoms with van der Waals surface area (Å²) in [5, 5.41) is 22.5. The van der Waals surface area contributed by atoms with Crippen LogP contribution in [-0.4, -0.2) is 85.5 Å². The summed E-state index contributed by atoms with van der Waals surface area (Å²) in [5.74, 6) is -2.42. The molecular weight excluding hydrogens is 1290 g/mol. The van der Waals surface area contributed by atoms with E-state index in [4.69, 9.17) is 54.0 Å². The number of thioether (sulfide) groups is 1. The van der Waals surface area contributed by atoms with Crippen LogP contribution in [0.2, 0.25) is 15.1 Å². The Bertz CT molecular complexity index is 4140. The Hall–Kier alpha value is -5.56. The molecule has 11 rings (SSSR count). The van der Waals surface area contributed by atoms with E-state index in [2.05, 4.69) is 73.6 Å². The SMILES string of the molecule is CC1CC(C)(C)Nc2c1cc1c(c2S(=O)(=O)O)Oc2c(S(=O)(=O)O)c3c(cc2=C1c1c(Cl)c(SCC(=O)NCCCCCC(=O)NCCc2ccc4c(c2)[C@@H]2C=CC[C@@H]2[C@H](c2cc5c(cc2Br)OCO5)N4)c(Cl)c(Cl)c1C(=O)O)C(C)CC(C)(C)N=3. The summed E-state index contributed by atoms with van der Waals surface area (Å²) in [7, 11) is -10.6. The van der Waals surface area contributed by atoms with Gasteiger partial charge in [-0.05, 0) is 142 Å². The largest absolute Gasteiger partial charge is 0.478 e. The molecule has 2 amide bonds. The molecule has 5 heterocycles. The molecule has 86 heavy (non-hydrogen) atoms. The number of nitrogens with one attached hydrogen (secondary N) is 4. The van der Waals surface area contributed by atoms with Gasteiger partial charge in [-0.3, -0.25) is 23.7 Å². The molecule has 0 bridgehead atoms. The fraction of sp³-hybridized carbons (Fsp3) is 0.410. The van der Waals surface area contributed by atoms with Crippen LogP contribution >= 0.6 is 62.5 Å². The highest BCUT2D eigenvalue weighted by Gasteiger charge is 2.44. The number of unbranched alkanes of at least 4 members (excludes halogenated alkanes) is 2. The summed E-state index contributed by atoms with van der Waals surface area (Å²) in [5.41, 5.74) is 2.38. The number of anilines is 2. The quantitative estimate of drug-likeness (QED) is 0.0147. The molecule has 5 aromatic carbocycles. The Kier molecular flexibility index (Phi) is 16.9. The number of allylic oxidation sites excluding steroid dienone is 2. The van der Waals surface area contributed by atoms with Crippen LogP contribution < -0.4 is 46.1 Å². The lowest BCUT2D eigenvalue weighted by molar-refractivity contribution is -0.121. The van der Waals surface area contributed by atoms with Gasteiger partial charge in [0.15, 0.2) is 32.8 Å². The van der Waals surface area contributed by atoms with E-state index in [-0.39, 0.29) is 90.8 Å². The van der Waals surface area contributed by atoms with Gasteiger partial charge in [0.2, 0.25) is 18.6 Å². The number of aromatic carboxylic acids is 1. The summed E-state index contributed by atoms with van der Waals surface area (Å²) in [6.07, 6.45) is 9.11. The molecule has 18 nitrogen and oxygen atoms in total. The predicted octanol–water partition coefficient (Wildman–Crippen LogP) is 12.2. The number of benzene rings is 5. The number of carbonyl (C=O) groups excluding carboxylic acids is 2. The lowest BCUT2D eigenvalue weighted by Gasteiger charge is -2.40. The molecule has 0 saturated heterocycles. The van der Waals surface area contributed by atoms with Gasteiger partial charge in [0.25, 0.3) is 20.2 Å². The van der Waals surface area contributed by atoms with Crippen molar-refractivity contribution in [2.24, 2.45) is 10.9 Å². The molecule has 456 valence electrons. The summed E-state index contributed by atoms with van der Waals surface area (Å²) in [6.45, 7) is 11.8. The first-order valence-electron chi connectivity index (χ1n) is 28.2. The summed E-state index contributed by atoms with van der Waals surface area (Å²) >= 11 is 25.8. The van der Waals surface area contributed by atoms with Crippen molar-refractivity contribution in [1.29, 1.82) is 0 Å². The van der Waals surface area contributed by atoms with Crippen molar-refractivity contribution in [1.82, 2.24) is 10.6 Å². The average molecular weight is 1360 g/mol. The highest BCUT2D eigenvalue weighted by Crippen LogP contribution is 2.56. The van der Waals surface area contributed by atoms with Crippen molar-refractivity contribution in [3.63, 3.8) is 0 Å². The molecule has 1 aliphatic carbocycles. The normalized spacial score (nSPS) is 20.8. The number of rotatable bonds is 17. The number of halogens is 4. The van der Waals surface area contributed by atoms with E-state index in [1.165, 1.54) is 5.56 Å². The minimum Gasteiger partial charge on any atom is -0.478 e. The zero-order chi connectivity index (χ0) is 61.7. The number of carbonyl (C=O) groups is 3. The number of carboxylic acid groups (broad SMARTS) is 1. The minimum absolute atomic E-state index is 0.0341. The highest BCUT2D eigenvalue weighted by atomic mass is 79.9. The van der Waals surface area contributed by atoms with Crippen LogP contribution in [0.25, 0.3) is 5.57 Å². The maximum atomic E-state index is 13.8. The molecule has 2 unspecified atom stereocenters. The number of fused-ring (bicyclic) bond motifs is 8. The second-order valence-electron chi connectivity index (χ2n) is 24.1. The summed E-state index contributed by atoms with van der Waals surface area (Å²) < 4.78 is 96.1. The second kappa shape index (κ2) is 23.4. The maximum absolute atomic E-state index is 13.8.